The number of ether oxygens (including phenoxy) is 1. The molecule has 1 N–H and O–H groups in total. The zero-order chi connectivity index (χ0) is 12.5. The van der Waals surface area contributed by atoms with Gasteiger partial charge in [-0.3, -0.25) is 4.90 Å². The monoisotopic (exact) mass is 275 g/mol. The molecule has 1 aromatic rings. The fourth-order valence-electron chi connectivity index (χ4n) is 1.95. The van der Waals surface area contributed by atoms with Crippen molar-refractivity contribution in [3.05, 3.63) is 28.2 Å². The molecule has 1 aliphatic rings. The summed E-state index contributed by atoms with van der Waals surface area (Å²) >= 11 is 11.8. The van der Waals surface area contributed by atoms with Crippen LogP contribution < -0.4 is 4.74 Å². The standard InChI is InChI=1S/C12H15Cl2NO2/c1-12(16)7-15(8-12)4-5-17-11-3-2-9(13)6-10(11)14/h2-3,6,16H,4-5,7-8H2,1H3. The van der Waals surface area contributed by atoms with Crippen LogP contribution >= 0.6 is 23.2 Å². The molecular formula is C12H15Cl2NO2. The first-order chi connectivity index (χ1) is 7.96. The van der Waals surface area contributed by atoms with E-state index in [9.17, 15) is 5.11 Å². The van der Waals surface area contributed by atoms with Crippen LogP contribution in [0.2, 0.25) is 10.0 Å². The van der Waals surface area contributed by atoms with Crippen molar-refractivity contribution in [2.24, 2.45) is 0 Å². The number of nitrogens with zero attached hydrogens (tertiary/aromatic N) is 1. The molecular weight excluding hydrogens is 261 g/mol. The Morgan fingerprint density at radius 1 is 1.41 bits per heavy atom. The lowest BCUT2D eigenvalue weighted by Crippen LogP contribution is -2.60. The van der Waals surface area contributed by atoms with Crippen LogP contribution in [0.15, 0.2) is 18.2 Å². The molecule has 0 saturated carbocycles. The first-order valence-corrected chi connectivity index (χ1v) is 6.24. The third-order valence-corrected chi connectivity index (χ3v) is 3.22. The van der Waals surface area contributed by atoms with Gasteiger partial charge in [0.1, 0.15) is 12.4 Å². The molecule has 1 aliphatic heterocycles. The van der Waals surface area contributed by atoms with Gasteiger partial charge in [0, 0.05) is 24.7 Å². The van der Waals surface area contributed by atoms with Gasteiger partial charge in [-0.1, -0.05) is 23.2 Å². The van der Waals surface area contributed by atoms with Gasteiger partial charge < -0.3 is 9.84 Å². The molecule has 3 nitrogen and oxygen atoms in total. The summed E-state index contributed by atoms with van der Waals surface area (Å²) < 4.78 is 5.55. The van der Waals surface area contributed by atoms with Gasteiger partial charge in [0.05, 0.1) is 10.6 Å². The minimum atomic E-state index is -0.530. The molecule has 0 amide bonds. The lowest BCUT2D eigenvalue weighted by Gasteiger charge is -2.44. The molecule has 0 atom stereocenters. The molecule has 0 spiro atoms. The second-order valence-corrected chi connectivity index (χ2v) is 5.47. The maximum atomic E-state index is 9.56. The predicted molar refractivity (Wildman–Crippen MR) is 69.0 cm³/mol. The van der Waals surface area contributed by atoms with Crippen molar-refractivity contribution in [1.29, 1.82) is 0 Å². The van der Waals surface area contributed by atoms with Gasteiger partial charge in [-0.2, -0.15) is 0 Å². The average molecular weight is 276 g/mol. The lowest BCUT2D eigenvalue weighted by molar-refractivity contribution is -0.0859. The minimum absolute atomic E-state index is 0.521. The van der Waals surface area contributed by atoms with Crippen molar-refractivity contribution < 1.29 is 9.84 Å². The van der Waals surface area contributed by atoms with E-state index < -0.39 is 5.60 Å². The van der Waals surface area contributed by atoms with Crippen LogP contribution in [0.4, 0.5) is 0 Å². The van der Waals surface area contributed by atoms with Crippen LogP contribution in [-0.4, -0.2) is 41.8 Å². The predicted octanol–water partition coefficient (Wildman–Crippen LogP) is 2.44. The zero-order valence-electron chi connectivity index (χ0n) is 9.62. The Hall–Kier alpha value is -0.480. The van der Waals surface area contributed by atoms with E-state index in [-0.39, 0.29) is 0 Å². The van der Waals surface area contributed by atoms with Crippen molar-refractivity contribution in [3.8, 4) is 5.75 Å². The molecule has 0 unspecified atom stereocenters. The number of β-amino-alcohol motifs (C(OH)–C–C–N with tert-alkyl or cyclic N) is 1. The molecule has 0 aromatic heterocycles. The van der Waals surface area contributed by atoms with E-state index in [1.807, 2.05) is 6.92 Å². The van der Waals surface area contributed by atoms with Gasteiger partial charge in [-0.25, -0.2) is 0 Å². The molecule has 17 heavy (non-hydrogen) atoms. The summed E-state index contributed by atoms with van der Waals surface area (Å²) in [4.78, 5) is 2.13. The molecule has 1 fully saturated rings. The highest BCUT2D eigenvalue weighted by Gasteiger charge is 2.35. The highest BCUT2D eigenvalue weighted by molar-refractivity contribution is 6.35. The van der Waals surface area contributed by atoms with Crippen LogP contribution in [0.1, 0.15) is 6.92 Å². The number of likely N-dealkylation sites (tertiary alicyclic amines) is 1. The largest absolute Gasteiger partial charge is 0.491 e. The van der Waals surface area contributed by atoms with Gasteiger partial charge in [-0.15, -0.1) is 0 Å². The van der Waals surface area contributed by atoms with Gasteiger partial charge in [-0.05, 0) is 25.1 Å². The summed E-state index contributed by atoms with van der Waals surface area (Å²) in [5.41, 5.74) is -0.530. The summed E-state index contributed by atoms with van der Waals surface area (Å²) in [6.45, 7) is 4.57. The number of benzene rings is 1. The Morgan fingerprint density at radius 3 is 2.71 bits per heavy atom. The summed E-state index contributed by atoms with van der Waals surface area (Å²) in [5, 5.41) is 10.7. The van der Waals surface area contributed by atoms with Crippen molar-refractivity contribution in [1.82, 2.24) is 4.90 Å². The fraction of sp³-hybridized carbons (Fsp3) is 0.500. The van der Waals surface area contributed by atoms with Crippen LogP contribution in [0, 0.1) is 0 Å². The van der Waals surface area contributed by atoms with Gasteiger partial charge >= 0.3 is 0 Å². The molecule has 1 heterocycles. The summed E-state index contributed by atoms with van der Waals surface area (Å²) in [6.07, 6.45) is 0. The Kier molecular flexibility index (Phi) is 3.83. The quantitative estimate of drug-likeness (QED) is 0.916. The SMILES string of the molecule is CC1(O)CN(CCOc2ccc(Cl)cc2Cl)C1. The number of aliphatic hydroxyl groups is 1. The number of hydrogen-bond acceptors (Lipinski definition) is 3. The van der Waals surface area contributed by atoms with E-state index in [1.54, 1.807) is 18.2 Å². The van der Waals surface area contributed by atoms with Crippen molar-refractivity contribution in [2.75, 3.05) is 26.2 Å². The number of rotatable bonds is 4. The van der Waals surface area contributed by atoms with Gasteiger partial charge in [0.25, 0.3) is 0 Å². The average Bonchev–Trinajstić information content (AvgIpc) is 2.18. The Morgan fingerprint density at radius 2 is 2.12 bits per heavy atom. The highest BCUT2D eigenvalue weighted by atomic mass is 35.5. The van der Waals surface area contributed by atoms with E-state index in [0.717, 1.165) is 6.54 Å². The van der Waals surface area contributed by atoms with Crippen molar-refractivity contribution >= 4 is 23.2 Å². The van der Waals surface area contributed by atoms with Gasteiger partial charge in [0.15, 0.2) is 0 Å². The second-order valence-electron chi connectivity index (χ2n) is 4.63. The molecule has 1 saturated heterocycles. The Labute approximate surface area is 111 Å². The molecule has 0 aliphatic carbocycles. The summed E-state index contributed by atoms with van der Waals surface area (Å²) in [5.74, 6) is 0.642. The highest BCUT2D eigenvalue weighted by Crippen LogP contribution is 2.27. The van der Waals surface area contributed by atoms with E-state index >= 15 is 0 Å². The zero-order valence-corrected chi connectivity index (χ0v) is 11.1. The van der Waals surface area contributed by atoms with Crippen LogP contribution in [0.25, 0.3) is 0 Å². The topological polar surface area (TPSA) is 32.7 Å². The molecule has 0 bridgehead atoms. The van der Waals surface area contributed by atoms with Crippen LogP contribution in [0.3, 0.4) is 0 Å². The molecule has 0 radical (unpaired) electrons. The Balaban J connectivity index is 1.75. The normalized spacial score (nSPS) is 18.8. The first kappa shape index (κ1) is 13.0. The molecule has 5 heteroatoms. The van der Waals surface area contributed by atoms with E-state index in [0.29, 0.717) is 35.5 Å². The van der Waals surface area contributed by atoms with Crippen molar-refractivity contribution in [2.45, 2.75) is 12.5 Å². The third-order valence-electron chi connectivity index (χ3n) is 2.69. The molecule has 1 aromatic carbocycles. The van der Waals surface area contributed by atoms with Gasteiger partial charge in [0.2, 0.25) is 0 Å². The fourth-order valence-corrected chi connectivity index (χ4v) is 2.42. The summed E-state index contributed by atoms with van der Waals surface area (Å²) in [6, 6.07) is 5.17. The second kappa shape index (κ2) is 5.02. The van der Waals surface area contributed by atoms with Crippen LogP contribution in [-0.2, 0) is 0 Å². The summed E-state index contributed by atoms with van der Waals surface area (Å²) in [7, 11) is 0. The van der Waals surface area contributed by atoms with Crippen molar-refractivity contribution in [3.63, 3.8) is 0 Å². The maximum Gasteiger partial charge on any atom is 0.138 e. The Bertz CT molecular complexity index is 401. The first-order valence-electron chi connectivity index (χ1n) is 5.49. The lowest BCUT2D eigenvalue weighted by atomic mass is 9.97. The smallest absolute Gasteiger partial charge is 0.138 e. The number of halogens is 2. The minimum Gasteiger partial charge on any atom is -0.491 e. The van der Waals surface area contributed by atoms with Crippen LogP contribution in [0.5, 0.6) is 5.75 Å². The molecule has 2 rings (SSSR count). The van der Waals surface area contributed by atoms with E-state index in [2.05, 4.69) is 4.90 Å². The van der Waals surface area contributed by atoms with E-state index in [1.165, 1.54) is 0 Å². The van der Waals surface area contributed by atoms with E-state index in [4.69, 9.17) is 27.9 Å². The third kappa shape index (κ3) is 3.49. The molecule has 94 valence electrons. The number of hydrogen-bond donors (Lipinski definition) is 1. The maximum absolute atomic E-state index is 9.56.